The minimum Gasteiger partial charge on any atom is -0.350 e. The lowest BCUT2D eigenvalue weighted by molar-refractivity contribution is -0.227. The predicted molar refractivity (Wildman–Crippen MR) is 86.7 cm³/mol. The van der Waals surface area contributed by atoms with Gasteiger partial charge in [-0.2, -0.15) is 0 Å². The Labute approximate surface area is 136 Å². The van der Waals surface area contributed by atoms with Crippen molar-refractivity contribution in [2.75, 3.05) is 13.2 Å². The van der Waals surface area contributed by atoms with Crippen LogP contribution in [0.4, 0.5) is 0 Å². The van der Waals surface area contributed by atoms with Crippen LogP contribution in [0.1, 0.15) is 30.7 Å². The van der Waals surface area contributed by atoms with Crippen LogP contribution in [0.25, 0.3) is 0 Å². The first kappa shape index (κ1) is 15.7. The Kier molecular flexibility index (Phi) is 4.46. The first-order valence-electron chi connectivity index (χ1n) is 7.73. The second-order valence-electron chi connectivity index (χ2n) is 6.61. The number of nitrogens with zero attached hydrogens (tertiary/aromatic N) is 3. The average Bonchev–Trinajstić information content (AvgIpc) is 2.96. The standard InChI is InChI=1S/C18H21N3O2/c1-14-6-4-5-7-15(14)8-9-16-10-21(20-19-16)11-17-22-12-18(2,3)13-23-17/h4-7,10,17H,11-13H2,1-3H3. The van der Waals surface area contributed by atoms with Gasteiger partial charge >= 0.3 is 0 Å². The van der Waals surface area contributed by atoms with Gasteiger partial charge in [0.05, 0.1) is 26.0 Å². The van der Waals surface area contributed by atoms with E-state index in [1.807, 2.05) is 37.4 Å². The molecule has 0 radical (unpaired) electrons. The molecule has 2 heterocycles. The zero-order valence-electron chi connectivity index (χ0n) is 13.7. The van der Waals surface area contributed by atoms with E-state index >= 15 is 0 Å². The first-order chi connectivity index (χ1) is 11.0. The minimum atomic E-state index is -0.276. The number of hydrogen-bond acceptors (Lipinski definition) is 4. The monoisotopic (exact) mass is 311 g/mol. The number of aromatic nitrogens is 3. The molecule has 120 valence electrons. The van der Waals surface area contributed by atoms with Gasteiger partial charge in [0.1, 0.15) is 0 Å². The van der Waals surface area contributed by atoms with Gasteiger partial charge in [-0.15, -0.1) is 5.10 Å². The van der Waals surface area contributed by atoms with Crippen LogP contribution in [0.2, 0.25) is 0 Å². The third-order valence-corrected chi connectivity index (χ3v) is 3.67. The Morgan fingerprint density at radius 3 is 2.70 bits per heavy atom. The summed E-state index contributed by atoms with van der Waals surface area (Å²) in [6.45, 7) is 8.18. The lowest BCUT2D eigenvalue weighted by atomic mass is 9.96. The van der Waals surface area contributed by atoms with Crippen molar-refractivity contribution in [2.24, 2.45) is 5.41 Å². The van der Waals surface area contributed by atoms with Crippen LogP contribution in [-0.4, -0.2) is 34.5 Å². The molecule has 23 heavy (non-hydrogen) atoms. The summed E-state index contributed by atoms with van der Waals surface area (Å²) in [5.41, 5.74) is 2.87. The third kappa shape index (κ3) is 4.19. The predicted octanol–water partition coefficient (Wildman–Crippen LogP) is 2.39. The van der Waals surface area contributed by atoms with Crippen molar-refractivity contribution in [1.82, 2.24) is 15.0 Å². The molecule has 2 aromatic rings. The Hall–Kier alpha value is -2.16. The Balaban J connectivity index is 1.62. The van der Waals surface area contributed by atoms with Crippen LogP contribution < -0.4 is 0 Å². The van der Waals surface area contributed by atoms with Crippen molar-refractivity contribution in [1.29, 1.82) is 0 Å². The van der Waals surface area contributed by atoms with Crippen molar-refractivity contribution in [2.45, 2.75) is 33.6 Å². The van der Waals surface area contributed by atoms with Crippen molar-refractivity contribution in [3.8, 4) is 11.8 Å². The van der Waals surface area contributed by atoms with Gasteiger partial charge < -0.3 is 9.47 Å². The highest BCUT2D eigenvalue weighted by Crippen LogP contribution is 2.23. The van der Waals surface area contributed by atoms with E-state index in [1.165, 1.54) is 0 Å². The van der Waals surface area contributed by atoms with E-state index in [1.54, 1.807) is 4.68 Å². The van der Waals surface area contributed by atoms with E-state index in [2.05, 4.69) is 36.0 Å². The van der Waals surface area contributed by atoms with Crippen LogP contribution in [0.3, 0.4) is 0 Å². The maximum Gasteiger partial charge on any atom is 0.177 e. The van der Waals surface area contributed by atoms with Crippen LogP contribution in [0, 0.1) is 24.2 Å². The van der Waals surface area contributed by atoms with Crippen molar-refractivity contribution in [3.05, 3.63) is 47.3 Å². The molecule has 0 saturated carbocycles. The van der Waals surface area contributed by atoms with Crippen molar-refractivity contribution >= 4 is 0 Å². The van der Waals surface area contributed by atoms with Crippen molar-refractivity contribution in [3.63, 3.8) is 0 Å². The highest BCUT2D eigenvalue weighted by atomic mass is 16.7. The minimum absolute atomic E-state index is 0.0725. The molecule has 0 N–H and O–H groups in total. The van der Waals surface area contributed by atoms with Crippen LogP contribution in [0.15, 0.2) is 30.5 Å². The largest absolute Gasteiger partial charge is 0.350 e. The van der Waals surface area contributed by atoms with Gasteiger partial charge in [0.15, 0.2) is 12.0 Å². The lowest BCUT2D eigenvalue weighted by Crippen LogP contribution is -2.39. The molecule has 5 nitrogen and oxygen atoms in total. The Bertz CT molecular complexity index is 730. The lowest BCUT2D eigenvalue weighted by Gasteiger charge is -2.34. The van der Waals surface area contributed by atoms with Crippen molar-refractivity contribution < 1.29 is 9.47 Å². The molecule has 1 saturated heterocycles. The van der Waals surface area contributed by atoms with Crippen LogP contribution in [-0.2, 0) is 16.0 Å². The molecule has 1 fully saturated rings. The average molecular weight is 311 g/mol. The van der Waals surface area contributed by atoms with Crippen LogP contribution in [0.5, 0.6) is 0 Å². The summed E-state index contributed by atoms with van der Waals surface area (Å²) in [5.74, 6) is 6.18. The number of aryl methyl sites for hydroxylation is 1. The van der Waals surface area contributed by atoms with E-state index in [-0.39, 0.29) is 11.7 Å². The first-order valence-corrected chi connectivity index (χ1v) is 7.73. The summed E-state index contributed by atoms with van der Waals surface area (Å²) in [5, 5.41) is 8.17. The number of benzene rings is 1. The summed E-state index contributed by atoms with van der Waals surface area (Å²) in [6, 6.07) is 8.02. The highest BCUT2D eigenvalue weighted by molar-refractivity contribution is 5.43. The van der Waals surface area contributed by atoms with Gasteiger partial charge in [-0.3, -0.25) is 0 Å². The SMILES string of the molecule is Cc1ccccc1C#Cc1cn(CC2OCC(C)(C)CO2)nn1. The molecule has 1 aliphatic rings. The Morgan fingerprint density at radius 1 is 1.22 bits per heavy atom. The van der Waals surface area contributed by atoms with E-state index in [9.17, 15) is 0 Å². The summed E-state index contributed by atoms with van der Waals surface area (Å²) in [7, 11) is 0. The van der Waals surface area contributed by atoms with Gasteiger partial charge in [0.2, 0.25) is 0 Å². The molecule has 1 aliphatic heterocycles. The molecular weight excluding hydrogens is 290 g/mol. The van der Waals surface area contributed by atoms with Gasteiger partial charge in [-0.1, -0.05) is 43.2 Å². The van der Waals surface area contributed by atoms with E-state index < -0.39 is 0 Å². The normalized spacial score (nSPS) is 17.5. The summed E-state index contributed by atoms with van der Waals surface area (Å²) >= 11 is 0. The Morgan fingerprint density at radius 2 is 1.96 bits per heavy atom. The van der Waals surface area contributed by atoms with Gasteiger partial charge in [-0.05, 0) is 24.5 Å². The molecule has 0 bridgehead atoms. The zero-order valence-corrected chi connectivity index (χ0v) is 13.7. The van der Waals surface area contributed by atoms with Gasteiger partial charge in [0, 0.05) is 11.0 Å². The molecule has 0 spiro atoms. The van der Waals surface area contributed by atoms with Crippen LogP contribution >= 0.6 is 0 Å². The number of ether oxygens (including phenoxy) is 2. The fourth-order valence-corrected chi connectivity index (χ4v) is 2.27. The molecule has 1 aromatic heterocycles. The van der Waals surface area contributed by atoms with E-state index in [0.717, 1.165) is 11.1 Å². The summed E-state index contributed by atoms with van der Waals surface area (Å²) < 4.78 is 13.1. The van der Waals surface area contributed by atoms with E-state index in [0.29, 0.717) is 25.5 Å². The molecule has 0 atom stereocenters. The molecule has 5 heteroatoms. The molecule has 0 amide bonds. The third-order valence-electron chi connectivity index (χ3n) is 3.67. The summed E-state index contributed by atoms with van der Waals surface area (Å²) in [4.78, 5) is 0. The quantitative estimate of drug-likeness (QED) is 0.799. The molecular formula is C18H21N3O2. The fraction of sp³-hybridized carbons (Fsp3) is 0.444. The highest BCUT2D eigenvalue weighted by Gasteiger charge is 2.28. The number of hydrogen-bond donors (Lipinski definition) is 0. The molecule has 0 aliphatic carbocycles. The molecule has 1 aromatic carbocycles. The topological polar surface area (TPSA) is 49.2 Å². The smallest absolute Gasteiger partial charge is 0.177 e. The summed E-state index contributed by atoms with van der Waals surface area (Å²) in [6.07, 6.45) is 1.54. The fourth-order valence-electron chi connectivity index (χ4n) is 2.27. The second kappa shape index (κ2) is 6.53. The number of rotatable bonds is 2. The van der Waals surface area contributed by atoms with Gasteiger partial charge in [-0.25, -0.2) is 4.68 Å². The molecule has 3 rings (SSSR count). The maximum atomic E-state index is 5.70. The molecule has 0 unspecified atom stereocenters. The maximum absolute atomic E-state index is 5.70. The second-order valence-corrected chi connectivity index (χ2v) is 6.61. The van der Waals surface area contributed by atoms with E-state index in [4.69, 9.17) is 9.47 Å². The van der Waals surface area contributed by atoms with Gasteiger partial charge in [0.25, 0.3) is 0 Å². The zero-order chi connectivity index (χ0) is 16.3.